The molecule has 3 atom stereocenters. The Morgan fingerprint density at radius 2 is 2.33 bits per heavy atom. The van der Waals surface area contributed by atoms with E-state index in [0.29, 0.717) is 12.0 Å². The smallest absolute Gasteiger partial charge is 0.330 e. The van der Waals surface area contributed by atoms with Crippen LogP contribution in [0.4, 0.5) is 0 Å². The van der Waals surface area contributed by atoms with Gasteiger partial charge in [-0.3, -0.25) is 0 Å². The molecule has 2 nitrogen and oxygen atoms in total. The van der Waals surface area contributed by atoms with E-state index in [1.807, 2.05) is 13.0 Å². The Labute approximate surface area is 110 Å². The van der Waals surface area contributed by atoms with Gasteiger partial charge in [0.2, 0.25) is 0 Å². The van der Waals surface area contributed by atoms with Crippen LogP contribution in [0.2, 0.25) is 0 Å². The lowest BCUT2D eigenvalue weighted by molar-refractivity contribution is -0.137. The highest BCUT2D eigenvalue weighted by Crippen LogP contribution is 2.60. The number of fused-ring (bicyclic) bond motifs is 2. The summed E-state index contributed by atoms with van der Waals surface area (Å²) in [5, 5.41) is 0. The fraction of sp³-hybridized carbons (Fsp3) is 0.688. The first-order valence-electron chi connectivity index (χ1n) is 7.10. The summed E-state index contributed by atoms with van der Waals surface area (Å²) in [5.74, 6) is 1.37. The van der Waals surface area contributed by atoms with Gasteiger partial charge < -0.3 is 4.74 Å². The summed E-state index contributed by atoms with van der Waals surface area (Å²) in [6.07, 6.45) is 9.61. The van der Waals surface area contributed by atoms with Crippen molar-refractivity contribution in [2.45, 2.75) is 46.0 Å². The minimum absolute atomic E-state index is 0.227. The quantitative estimate of drug-likeness (QED) is 0.419. The Kier molecular flexibility index (Phi) is 3.94. The molecular weight excluding hydrogens is 224 g/mol. The third-order valence-corrected chi connectivity index (χ3v) is 4.93. The number of hydrogen-bond donors (Lipinski definition) is 0. The first-order chi connectivity index (χ1) is 8.58. The normalized spacial score (nSPS) is 34.4. The molecule has 2 saturated carbocycles. The third kappa shape index (κ3) is 2.38. The van der Waals surface area contributed by atoms with Gasteiger partial charge in [-0.05, 0) is 56.3 Å². The molecular formula is C16H24O2. The molecule has 2 rings (SSSR count). The molecule has 0 N–H and O–H groups in total. The summed E-state index contributed by atoms with van der Waals surface area (Å²) in [4.78, 5) is 11.2. The van der Waals surface area contributed by atoms with Crippen LogP contribution in [0.25, 0.3) is 0 Å². The highest BCUT2D eigenvalue weighted by atomic mass is 16.5. The van der Waals surface area contributed by atoms with E-state index < -0.39 is 0 Å². The summed E-state index contributed by atoms with van der Waals surface area (Å²) in [5.41, 5.74) is 1.77. The molecule has 2 heteroatoms. The molecule has 0 aliphatic heterocycles. The number of hydrogen-bond acceptors (Lipinski definition) is 2. The lowest BCUT2D eigenvalue weighted by atomic mass is 9.69. The van der Waals surface area contributed by atoms with Crippen molar-refractivity contribution in [3.05, 3.63) is 24.3 Å². The lowest BCUT2D eigenvalue weighted by Crippen LogP contribution is -2.25. The molecule has 0 aromatic carbocycles. The molecule has 0 heterocycles. The monoisotopic (exact) mass is 248 g/mol. The van der Waals surface area contributed by atoms with E-state index >= 15 is 0 Å². The largest absolute Gasteiger partial charge is 0.463 e. The fourth-order valence-corrected chi connectivity index (χ4v) is 3.72. The van der Waals surface area contributed by atoms with Gasteiger partial charge in [-0.2, -0.15) is 0 Å². The summed E-state index contributed by atoms with van der Waals surface area (Å²) in [7, 11) is 0. The van der Waals surface area contributed by atoms with E-state index in [4.69, 9.17) is 4.74 Å². The van der Waals surface area contributed by atoms with Gasteiger partial charge in [-0.25, -0.2) is 4.79 Å². The Morgan fingerprint density at radius 3 is 2.94 bits per heavy atom. The Bertz CT molecular complexity index is 369. The van der Waals surface area contributed by atoms with Crippen LogP contribution in [0.5, 0.6) is 0 Å². The summed E-state index contributed by atoms with van der Waals surface area (Å²) < 4.78 is 4.87. The van der Waals surface area contributed by atoms with Gasteiger partial charge >= 0.3 is 5.97 Å². The van der Waals surface area contributed by atoms with Gasteiger partial charge in [0.15, 0.2) is 0 Å². The highest BCUT2D eigenvalue weighted by Gasteiger charge is 2.49. The number of carbonyl (C=O) groups excluding carboxylic acids is 1. The van der Waals surface area contributed by atoms with Crippen LogP contribution in [0.3, 0.4) is 0 Å². The molecule has 0 aromatic rings. The average molecular weight is 248 g/mol. The highest BCUT2D eigenvalue weighted by molar-refractivity contribution is 5.81. The number of carbonyl (C=O) groups is 1. The third-order valence-electron chi connectivity index (χ3n) is 4.93. The lowest BCUT2D eigenvalue weighted by Gasteiger charge is -2.36. The second kappa shape index (κ2) is 5.29. The van der Waals surface area contributed by atoms with Crippen LogP contribution in [0, 0.1) is 17.3 Å². The van der Waals surface area contributed by atoms with Gasteiger partial charge in [-0.1, -0.05) is 25.2 Å². The average Bonchev–Trinajstić information content (AvgIpc) is 2.90. The van der Waals surface area contributed by atoms with Crippen molar-refractivity contribution in [3.8, 4) is 0 Å². The zero-order chi connectivity index (χ0) is 13.2. The minimum atomic E-state index is -0.227. The van der Waals surface area contributed by atoms with Crippen LogP contribution in [0.15, 0.2) is 24.3 Å². The van der Waals surface area contributed by atoms with E-state index in [9.17, 15) is 4.79 Å². The first kappa shape index (κ1) is 13.4. The van der Waals surface area contributed by atoms with Crippen molar-refractivity contribution < 1.29 is 9.53 Å². The predicted octanol–water partition coefficient (Wildman–Crippen LogP) is 3.88. The van der Waals surface area contributed by atoms with Crippen LogP contribution in [-0.4, -0.2) is 12.6 Å². The van der Waals surface area contributed by atoms with Crippen LogP contribution in [-0.2, 0) is 9.53 Å². The Hall–Kier alpha value is -1.05. The molecule has 100 valence electrons. The molecule has 2 aliphatic carbocycles. The standard InChI is InChI=1S/C16H24O2/c1-4-18-15(17)7-5-6-10-16(3)12(2)13-8-9-14(16)11-13/h5,7,13-14H,2,4,6,8-11H2,1,3H3/b7-5+/t13-,14+,16+/m1/s1. The van der Waals surface area contributed by atoms with Gasteiger partial charge in [0.1, 0.15) is 0 Å². The maximum atomic E-state index is 11.2. The molecule has 2 fully saturated rings. The van der Waals surface area contributed by atoms with Crippen LogP contribution in [0.1, 0.15) is 46.0 Å². The first-order valence-corrected chi connectivity index (χ1v) is 7.10. The van der Waals surface area contributed by atoms with E-state index in [1.54, 1.807) is 6.08 Å². The van der Waals surface area contributed by atoms with Crippen molar-refractivity contribution in [2.75, 3.05) is 6.61 Å². The molecule has 2 aliphatic rings. The second-order valence-corrected chi connectivity index (χ2v) is 5.84. The molecule has 0 unspecified atom stereocenters. The molecule has 0 radical (unpaired) electrons. The number of esters is 1. The molecule has 2 bridgehead atoms. The zero-order valence-electron chi connectivity index (χ0n) is 11.6. The fourth-order valence-electron chi connectivity index (χ4n) is 3.72. The number of allylic oxidation sites excluding steroid dienone is 2. The predicted molar refractivity (Wildman–Crippen MR) is 73.1 cm³/mol. The van der Waals surface area contributed by atoms with Gasteiger partial charge in [0.05, 0.1) is 6.61 Å². The van der Waals surface area contributed by atoms with E-state index in [-0.39, 0.29) is 5.97 Å². The van der Waals surface area contributed by atoms with E-state index in [0.717, 1.165) is 24.7 Å². The second-order valence-electron chi connectivity index (χ2n) is 5.84. The molecule has 0 saturated heterocycles. The van der Waals surface area contributed by atoms with Crippen molar-refractivity contribution >= 4 is 5.97 Å². The molecule has 18 heavy (non-hydrogen) atoms. The van der Waals surface area contributed by atoms with Gasteiger partial charge in [0, 0.05) is 6.08 Å². The topological polar surface area (TPSA) is 26.3 Å². The van der Waals surface area contributed by atoms with Gasteiger partial charge in [-0.15, -0.1) is 0 Å². The van der Waals surface area contributed by atoms with Crippen LogP contribution >= 0.6 is 0 Å². The Morgan fingerprint density at radius 1 is 1.56 bits per heavy atom. The molecule has 0 amide bonds. The maximum absolute atomic E-state index is 11.2. The summed E-state index contributed by atoms with van der Waals surface area (Å²) in [6, 6.07) is 0. The summed E-state index contributed by atoms with van der Waals surface area (Å²) in [6.45, 7) is 8.95. The van der Waals surface area contributed by atoms with Crippen LogP contribution < -0.4 is 0 Å². The van der Waals surface area contributed by atoms with E-state index in [2.05, 4.69) is 13.5 Å². The van der Waals surface area contributed by atoms with Gasteiger partial charge in [0.25, 0.3) is 0 Å². The Balaban J connectivity index is 1.83. The minimum Gasteiger partial charge on any atom is -0.463 e. The molecule has 0 aromatic heterocycles. The van der Waals surface area contributed by atoms with Crippen molar-refractivity contribution in [2.24, 2.45) is 17.3 Å². The number of ether oxygens (including phenoxy) is 1. The van der Waals surface area contributed by atoms with Crippen molar-refractivity contribution in [1.29, 1.82) is 0 Å². The van der Waals surface area contributed by atoms with Crippen molar-refractivity contribution in [3.63, 3.8) is 0 Å². The molecule has 0 spiro atoms. The van der Waals surface area contributed by atoms with E-state index in [1.165, 1.54) is 24.8 Å². The maximum Gasteiger partial charge on any atom is 0.330 e. The van der Waals surface area contributed by atoms with Crippen molar-refractivity contribution in [1.82, 2.24) is 0 Å². The SMILES string of the molecule is C=C1[C@@H]2CC[C@@H](C2)[C@@]1(C)CC/C=C/C(=O)OCC. The summed E-state index contributed by atoms with van der Waals surface area (Å²) >= 11 is 0. The number of rotatable bonds is 5. The zero-order valence-corrected chi connectivity index (χ0v) is 11.6.